The van der Waals surface area contributed by atoms with Gasteiger partial charge in [0.2, 0.25) is 5.91 Å². The summed E-state index contributed by atoms with van der Waals surface area (Å²) in [6.45, 7) is 2.64. The number of Topliss-reactive ketones (excluding diaryl/α,β-unsaturated/α-hetero) is 1. The molecule has 0 aromatic heterocycles. The third-order valence-corrected chi connectivity index (χ3v) is 7.53. The van der Waals surface area contributed by atoms with Gasteiger partial charge in [-0.15, -0.1) is 0 Å². The number of benzene rings is 2. The predicted octanol–water partition coefficient (Wildman–Crippen LogP) is 3.95. The molecule has 3 rings (SSSR count). The summed E-state index contributed by atoms with van der Waals surface area (Å²) in [5.41, 5.74) is 0.811. The van der Waals surface area contributed by atoms with Crippen LogP contribution in [0.15, 0.2) is 53.4 Å². The van der Waals surface area contributed by atoms with Gasteiger partial charge in [-0.05, 0) is 41.2 Å². The molecule has 2 aromatic rings. The number of ketones is 1. The number of rotatable bonds is 9. The van der Waals surface area contributed by atoms with Gasteiger partial charge in [0.1, 0.15) is 18.1 Å². The normalized spacial score (nSPS) is 20.0. The summed E-state index contributed by atoms with van der Waals surface area (Å²) in [5.74, 6) is -2.39. The van der Waals surface area contributed by atoms with E-state index in [1.807, 2.05) is 10.6 Å². The van der Waals surface area contributed by atoms with E-state index in [0.29, 0.717) is 11.1 Å². The maximum absolute atomic E-state index is 14.2. The first-order chi connectivity index (χ1) is 18.4. The summed E-state index contributed by atoms with van der Waals surface area (Å²) in [5, 5.41) is 6.23. The smallest absolute Gasteiger partial charge is 0.343 e. The quantitative estimate of drug-likeness (QED) is 0.381. The van der Waals surface area contributed by atoms with E-state index >= 15 is 0 Å². The maximum atomic E-state index is 14.2. The van der Waals surface area contributed by atoms with Crippen molar-refractivity contribution in [2.24, 2.45) is 5.92 Å². The van der Waals surface area contributed by atoms with Crippen LogP contribution in [-0.4, -0.2) is 63.4 Å². The first-order valence-electron chi connectivity index (χ1n) is 12.2. The molecule has 2 aromatic carbocycles. The minimum absolute atomic E-state index is 0.0836. The predicted molar refractivity (Wildman–Crippen MR) is 135 cm³/mol. The molecule has 7 nitrogen and oxygen atoms in total. The van der Waals surface area contributed by atoms with Crippen molar-refractivity contribution in [1.82, 2.24) is 16.0 Å². The zero-order valence-corrected chi connectivity index (χ0v) is 22.5. The van der Waals surface area contributed by atoms with Crippen LogP contribution in [0.1, 0.15) is 31.9 Å². The van der Waals surface area contributed by atoms with Crippen molar-refractivity contribution in [3.05, 3.63) is 54.1 Å². The molecule has 4 atom stereocenters. The SMILES string of the molecule is CC(C)C[C@H](N[C@@H](c1ccc(-c2ccc(S(C)(=O)=O)cc2)cc1)C(F)(F)F)C(=O)N[C@@H]1C(=O)CNC1C(F)(F)F. The van der Waals surface area contributed by atoms with Crippen LogP contribution in [0.4, 0.5) is 26.3 Å². The van der Waals surface area contributed by atoms with E-state index in [9.17, 15) is 44.3 Å². The largest absolute Gasteiger partial charge is 0.407 e. The summed E-state index contributed by atoms with van der Waals surface area (Å²) in [4.78, 5) is 25.1. The van der Waals surface area contributed by atoms with Crippen LogP contribution >= 0.6 is 0 Å². The highest BCUT2D eigenvalue weighted by atomic mass is 32.2. The summed E-state index contributed by atoms with van der Waals surface area (Å²) in [7, 11) is -3.43. The minimum Gasteiger partial charge on any atom is -0.343 e. The Morgan fingerprint density at radius 2 is 1.50 bits per heavy atom. The highest BCUT2D eigenvalue weighted by Crippen LogP contribution is 2.35. The van der Waals surface area contributed by atoms with Crippen LogP contribution in [0.25, 0.3) is 11.1 Å². The van der Waals surface area contributed by atoms with Crippen LogP contribution in [0.3, 0.4) is 0 Å². The Hall–Kier alpha value is -2.97. The van der Waals surface area contributed by atoms with E-state index in [-0.39, 0.29) is 22.8 Å². The molecule has 1 aliphatic rings. The summed E-state index contributed by atoms with van der Waals surface area (Å²) < 4.78 is 106. The van der Waals surface area contributed by atoms with Crippen molar-refractivity contribution in [3.63, 3.8) is 0 Å². The average Bonchev–Trinajstić information content (AvgIpc) is 3.20. The van der Waals surface area contributed by atoms with Crippen molar-refractivity contribution in [3.8, 4) is 11.1 Å². The molecule has 40 heavy (non-hydrogen) atoms. The van der Waals surface area contributed by atoms with Gasteiger partial charge < -0.3 is 5.32 Å². The van der Waals surface area contributed by atoms with Gasteiger partial charge in [-0.3, -0.25) is 20.2 Å². The minimum atomic E-state index is -4.88. The second-order valence-corrected chi connectivity index (χ2v) is 12.1. The Balaban J connectivity index is 1.85. The van der Waals surface area contributed by atoms with Crippen molar-refractivity contribution >= 4 is 21.5 Å². The van der Waals surface area contributed by atoms with E-state index < -0.39 is 64.6 Å². The maximum Gasteiger partial charge on any atom is 0.407 e. The Morgan fingerprint density at radius 3 is 1.95 bits per heavy atom. The lowest BCUT2D eigenvalue weighted by atomic mass is 9.97. The fourth-order valence-electron chi connectivity index (χ4n) is 4.41. The molecule has 0 aliphatic carbocycles. The summed E-state index contributed by atoms with van der Waals surface area (Å²) in [6, 6.07) is 2.77. The van der Waals surface area contributed by atoms with Gasteiger partial charge in [0, 0.05) is 6.26 Å². The van der Waals surface area contributed by atoms with E-state index in [4.69, 9.17) is 0 Å². The highest BCUT2D eigenvalue weighted by Gasteiger charge is 2.52. The standard InChI is InChI=1S/C26H29F6N3O4S/c1-14(2)12-19(24(37)35-21-20(36)13-33-23(21)26(30,31)32)34-22(25(27,28)29)17-6-4-15(5-7-17)16-8-10-18(11-9-16)40(3,38)39/h4-11,14,19,21-23,33-34H,12-13H2,1-3H3,(H,35,37)/t19-,21+,22-,23?/m0/s1. The Labute approximate surface area is 227 Å². The van der Waals surface area contributed by atoms with Crippen molar-refractivity contribution in [2.45, 2.75) is 61.7 Å². The highest BCUT2D eigenvalue weighted by molar-refractivity contribution is 7.90. The molecule has 0 spiro atoms. The number of amides is 1. The number of hydrogen-bond donors (Lipinski definition) is 3. The topological polar surface area (TPSA) is 104 Å². The molecule has 1 aliphatic heterocycles. The number of carbonyl (C=O) groups is 2. The van der Waals surface area contributed by atoms with Crippen LogP contribution in [0.2, 0.25) is 0 Å². The molecule has 1 heterocycles. The van der Waals surface area contributed by atoms with E-state index in [1.54, 1.807) is 13.8 Å². The summed E-state index contributed by atoms with van der Waals surface area (Å²) >= 11 is 0. The van der Waals surface area contributed by atoms with Gasteiger partial charge in [0.15, 0.2) is 15.6 Å². The molecule has 0 saturated carbocycles. The third kappa shape index (κ3) is 7.82. The second-order valence-electron chi connectivity index (χ2n) is 10.1. The van der Waals surface area contributed by atoms with Gasteiger partial charge >= 0.3 is 12.4 Å². The van der Waals surface area contributed by atoms with Crippen LogP contribution in [0.5, 0.6) is 0 Å². The van der Waals surface area contributed by atoms with E-state index in [2.05, 4.69) is 5.32 Å². The number of carbonyl (C=O) groups excluding carboxylic acids is 2. The van der Waals surface area contributed by atoms with Gasteiger partial charge in [0.25, 0.3) is 0 Å². The van der Waals surface area contributed by atoms with E-state index in [1.165, 1.54) is 48.5 Å². The second kappa shape index (κ2) is 11.9. The Morgan fingerprint density at radius 1 is 0.975 bits per heavy atom. The lowest BCUT2D eigenvalue weighted by molar-refractivity contribution is -0.163. The van der Waals surface area contributed by atoms with Crippen LogP contribution < -0.4 is 16.0 Å². The average molecular weight is 594 g/mol. The van der Waals surface area contributed by atoms with Crippen LogP contribution in [-0.2, 0) is 19.4 Å². The van der Waals surface area contributed by atoms with Crippen molar-refractivity contribution in [1.29, 1.82) is 0 Å². The monoisotopic (exact) mass is 593 g/mol. The zero-order valence-electron chi connectivity index (χ0n) is 21.7. The van der Waals surface area contributed by atoms with Gasteiger partial charge in [0.05, 0.1) is 17.5 Å². The molecule has 3 N–H and O–H groups in total. The lowest BCUT2D eigenvalue weighted by Crippen LogP contribution is -2.58. The molecular weight excluding hydrogens is 564 g/mol. The number of halogens is 6. The molecule has 14 heteroatoms. The lowest BCUT2D eigenvalue weighted by Gasteiger charge is -2.30. The first kappa shape index (κ1) is 31.6. The Kier molecular flexibility index (Phi) is 9.36. The van der Waals surface area contributed by atoms with Crippen molar-refractivity contribution < 1.29 is 44.3 Å². The van der Waals surface area contributed by atoms with Crippen molar-refractivity contribution in [2.75, 3.05) is 12.8 Å². The first-order valence-corrected chi connectivity index (χ1v) is 14.1. The third-order valence-electron chi connectivity index (χ3n) is 6.41. The number of hydrogen-bond acceptors (Lipinski definition) is 6. The summed E-state index contributed by atoms with van der Waals surface area (Å²) in [6.07, 6.45) is -8.83. The molecule has 0 radical (unpaired) electrons. The van der Waals surface area contributed by atoms with Gasteiger partial charge in [-0.25, -0.2) is 8.42 Å². The van der Waals surface area contributed by atoms with Crippen LogP contribution in [0, 0.1) is 5.92 Å². The number of nitrogens with one attached hydrogen (secondary N) is 3. The fraction of sp³-hybridized carbons (Fsp3) is 0.462. The van der Waals surface area contributed by atoms with Gasteiger partial charge in [-0.1, -0.05) is 50.2 Å². The molecule has 220 valence electrons. The van der Waals surface area contributed by atoms with Gasteiger partial charge in [-0.2, -0.15) is 26.3 Å². The molecule has 1 unspecified atom stereocenters. The zero-order chi connectivity index (χ0) is 30.0. The Bertz CT molecular complexity index is 1310. The fourth-order valence-corrected chi connectivity index (χ4v) is 5.04. The molecule has 1 saturated heterocycles. The number of alkyl halides is 6. The molecule has 1 fully saturated rings. The molecule has 0 bridgehead atoms. The molecule has 1 amide bonds. The van der Waals surface area contributed by atoms with E-state index in [0.717, 1.165) is 6.26 Å². The number of sulfone groups is 1. The molecular formula is C26H29F6N3O4S.